The number of hydrogen-bond acceptors (Lipinski definition) is 6. The summed E-state index contributed by atoms with van der Waals surface area (Å²) in [6, 6.07) is 20.0. The molecule has 0 fully saturated rings. The van der Waals surface area contributed by atoms with E-state index in [0.29, 0.717) is 25.5 Å². The van der Waals surface area contributed by atoms with Gasteiger partial charge in [-0.05, 0) is 24.0 Å². The number of carbonyl (C=O) groups excluding carboxylic acids is 1. The minimum Gasteiger partial charge on any atom is -0.501 e. The highest BCUT2D eigenvalue weighted by molar-refractivity contribution is 5.89. The van der Waals surface area contributed by atoms with Gasteiger partial charge in [0.2, 0.25) is 5.75 Å². The van der Waals surface area contributed by atoms with E-state index in [1.165, 1.54) is 11.7 Å². The Kier molecular flexibility index (Phi) is 6.13. The van der Waals surface area contributed by atoms with Crippen molar-refractivity contribution < 1.29 is 14.6 Å². The standard InChI is InChI=1S/C24H25N3O4/c1-31-24(30)20-21(28)23(29)27-14-8-13-19(22(27)25-20)26(15-17-9-4-2-5-10-17)16-18-11-6-3-7-12-18/h2-7,9-12,19,28H,8,13-16H2,1H3. The van der Waals surface area contributed by atoms with Crippen molar-refractivity contribution in [3.05, 3.63) is 93.7 Å². The zero-order valence-corrected chi connectivity index (χ0v) is 17.4. The molecule has 0 saturated heterocycles. The molecule has 3 aromatic rings. The van der Waals surface area contributed by atoms with Crippen LogP contribution in [0, 0.1) is 0 Å². The Morgan fingerprint density at radius 2 is 1.68 bits per heavy atom. The van der Waals surface area contributed by atoms with E-state index >= 15 is 0 Å². The van der Waals surface area contributed by atoms with Gasteiger partial charge in [-0.15, -0.1) is 0 Å². The van der Waals surface area contributed by atoms with Gasteiger partial charge in [0, 0.05) is 19.6 Å². The predicted molar refractivity (Wildman–Crippen MR) is 116 cm³/mol. The fourth-order valence-corrected chi connectivity index (χ4v) is 4.10. The maximum absolute atomic E-state index is 12.8. The molecule has 160 valence electrons. The van der Waals surface area contributed by atoms with Crippen molar-refractivity contribution in [1.29, 1.82) is 0 Å². The Morgan fingerprint density at radius 1 is 1.10 bits per heavy atom. The highest BCUT2D eigenvalue weighted by Crippen LogP contribution is 2.32. The van der Waals surface area contributed by atoms with Gasteiger partial charge in [-0.1, -0.05) is 60.7 Å². The van der Waals surface area contributed by atoms with Gasteiger partial charge in [-0.3, -0.25) is 14.3 Å². The van der Waals surface area contributed by atoms with E-state index in [0.717, 1.165) is 24.0 Å². The molecule has 0 spiro atoms. The summed E-state index contributed by atoms with van der Waals surface area (Å²) in [5, 5.41) is 10.2. The topological polar surface area (TPSA) is 84.7 Å². The molecule has 7 nitrogen and oxygen atoms in total. The van der Waals surface area contributed by atoms with Crippen LogP contribution in [0.4, 0.5) is 0 Å². The molecule has 2 aromatic carbocycles. The van der Waals surface area contributed by atoms with E-state index in [9.17, 15) is 14.7 Å². The number of ether oxygens (including phenoxy) is 1. The van der Waals surface area contributed by atoms with Crippen LogP contribution in [0.1, 0.15) is 46.3 Å². The van der Waals surface area contributed by atoms with Crippen LogP contribution in [0.2, 0.25) is 0 Å². The summed E-state index contributed by atoms with van der Waals surface area (Å²) in [5.41, 5.74) is 1.36. The lowest BCUT2D eigenvalue weighted by Crippen LogP contribution is -2.38. The van der Waals surface area contributed by atoms with Crippen LogP contribution in [0.5, 0.6) is 5.75 Å². The van der Waals surface area contributed by atoms with Gasteiger partial charge in [0.1, 0.15) is 5.82 Å². The van der Waals surface area contributed by atoms with E-state index in [-0.39, 0.29) is 11.7 Å². The molecule has 31 heavy (non-hydrogen) atoms. The monoisotopic (exact) mass is 419 g/mol. The number of carbonyl (C=O) groups is 1. The van der Waals surface area contributed by atoms with Gasteiger partial charge < -0.3 is 9.84 Å². The summed E-state index contributed by atoms with van der Waals surface area (Å²) in [7, 11) is 1.20. The van der Waals surface area contributed by atoms with Crippen molar-refractivity contribution >= 4 is 5.97 Å². The summed E-state index contributed by atoms with van der Waals surface area (Å²) >= 11 is 0. The van der Waals surface area contributed by atoms with Gasteiger partial charge in [0.15, 0.2) is 5.69 Å². The van der Waals surface area contributed by atoms with Gasteiger partial charge >= 0.3 is 5.97 Å². The number of aromatic hydroxyl groups is 1. The maximum Gasteiger partial charge on any atom is 0.360 e. The minimum atomic E-state index is -0.819. The fourth-order valence-electron chi connectivity index (χ4n) is 4.10. The summed E-state index contributed by atoms with van der Waals surface area (Å²) in [5.74, 6) is -0.991. The molecule has 1 aromatic heterocycles. The maximum atomic E-state index is 12.8. The molecule has 2 heterocycles. The zero-order valence-electron chi connectivity index (χ0n) is 17.4. The second-order valence-corrected chi connectivity index (χ2v) is 7.65. The molecule has 0 aliphatic carbocycles. The number of aromatic nitrogens is 2. The Hall–Kier alpha value is -3.45. The second-order valence-electron chi connectivity index (χ2n) is 7.65. The summed E-state index contributed by atoms with van der Waals surface area (Å²) in [4.78, 5) is 31.6. The number of methoxy groups -OCH3 is 1. The minimum absolute atomic E-state index is 0.189. The first-order valence-electron chi connectivity index (χ1n) is 10.3. The Labute approximate surface area is 180 Å². The van der Waals surface area contributed by atoms with Crippen LogP contribution >= 0.6 is 0 Å². The number of rotatable bonds is 6. The SMILES string of the molecule is COC(=O)c1nc2n(c(=O)c1O)CCCC2N(Cc1ccccc1)Cc1ccccc1. The molecule has 4 rings (SSSR count). The number of nitrogens with zero attached hydrogens (tertiary/aromatic N) is 3. The molecule has 7 heteroatoms. The van der Waals surface area contributed by atoms with Crippen LogP contribution in [0.15, 0.2) is 65.5 Å². The first-order valence-corrected chi connectivity index (χ1v) is 10.3. The van der Waals surface area contributed by atoms with Crippen LogP contribution < -0.4 is 5.56 Å². The first-order chi connectivity index (χ1) is 15.1. The highest BCUT2D eigenvalue weighted by atomic mass is 16.5. The Bertz CT molecular complexity index is 1070. The second kappa shape index (κ2) is 9.14. The average Bonchev–Trinajstić information content (AvgIpc) is 2.81. The third-order valence-electron chi connectivity index (χ3n) is 5.61. The number of esters is 1. The molecule has 0 bridgehead atoms. The molecule has 1 atom stereocenters. The van der Waals surface area contributed by atoms with E-state index in [2.05, 4.69) is 34.1 Å². The first kappa shape index (κ1) is 20.8. The molecule has 1 aliphatic heterocycles. The molecule has 0 amide bonds. The third-order valence-corrected chi connectivity index (χ3v) is 5.61. The molecule has 1 unspecified atom stereocenters. The molecule has 0 radical (unpaired) electrons. The molecule has 0 saturated carbocycles. The van der Waals surface area contributed by atoms with E-state index < -0.39 is 17.3 Å². The van der Waals surface area contributed by atoms with Crippen molar-refractivity contribution in [3.8, 4) is 5.75 Å². The van der Waals surface area contributed by atoms with Crippen LogP contribution in [0.3, 0.4) is 0 Å². The smallest absolute Gasteiger partial charge is 0.360 e. The Morgan fingerprint density at radius 3 is 2.23 bits per heavy atom. The summed E-state index contributed by atoms with van der Waals surface area (Å²) < 4.78 is 6.21. The lowest BCUT2D eigenvalue weighted by atomic mass is 10.0. The average molecular weight is 419 g/mol. The van der Waals surface area contributed by atoms with Crippen molar-refractivity contribution in [1.82, 2.24) is 14.5 Å². The largest absolute Gasteiger partial charge is 0.501 e. The highest BCUT2D eigenvalue weighted by Gasteiger charge is 2.32. The zero-order chi connectivity index (χ0) is 21.8. The lowest BCUT2D eigenvalue weighted by molar-refractivity contribution is 0.0586. The third kappa shape index (κ3) is 4.36. The molecular weight excluding hydrogens is 394 g/mol. The van der Waals surface area contributed by atoms with Crippen LogP contribution in [-0.4, -0.2) is 32.6 Å². The van der Waals surface area contributed by atoms with Crippen molar-refractivity contribution in [2.75, 3.05) is 7.11 Å². The Balaban J connectivity index is 1.78. The van der Waals surface area contributed by atoms with E-state index in [1.807, 2.05) is 36.4 Å². The van der Waals surface area contributed by atoms with E-state index in [1.54, 1.807) is 0 Å². The van der Waals surface area contributed by atoms with Gasteiger partial charge in [0.05, 0.1) is 13.2 Å². The lowest BCUT2D eigenvalue weighted by Gasteiger charge is -2.35. The van der Waals surface area contributed by atoms with Crippen molar-refractivity contribution in [2.24, 2.45) is 0 Å². The summed E-state index contributed by atoms with van der Waals surface area (Å²) in [6.07, 6.45) is 1.56. The van der Waals surface area contributed by atoms with Gasteiger partial charge in [-0.25, -0.2) is 9.78 Å². The summed E-state index contributed by atoms with van der Waals surface area (Å²) in [6.45, 7) is 1.77. The number of fused-ring (bicyclic) bond motifs is 1. The van der Waals surface area contributed by atoms with Gasteiger partial charge in [0.25, 0.3) is 5.56 Å². The quantitative estimate of drug-likeness (QED) is 0.618. The normalized spacial score (nSPS) is 15.5. The predicted octanol–water partition coefficient (Wildman–Crippen LogP) is 3.27. The molecule has 1 N–H and O–H groups in total. The van der Waals surface area contributed by atoms with Crippen molar-refractivity contribution in [3.63, 3.8) is 0 Å². The van der Waals surface area contributed by atoms with Crippen molar-refractivity contribution in [2.45, 2.75) is 38.5 Å². The van der Waals surface area contributed by atoms with Crippen LogP contribution in [0.25, 0.3) is 0 Å². The van der Waals surface area contributed by atoms with Gasteiger partial charge in [-0.2, -0.15) is 0 Å². The number of benzene rings is 2. The van der Waals surface area contributed by atoms with Crippen LogP contribution in [-0.2, 0) is 24.4 Å². The van der Waals surface area contributed by atoms with E-state index in [4.69, 9.17) is 4.74 Å². The number of hydrogen-bond donors (Lipinski definition) is 1. The fraction of sp³-hybridized carbons (Fsp3) is 0.292. The molecular formula is C24H25N3O4. The molecule has 1 aliphatic rings.